The Labute approximate surface area is 124 Å². The maximum atomic E-state index is 4.12. The molecule has 0 N–H and O–H groups in total. The van der Waals surface area contributed by atoms with Crippen LogP contribution in [0.25, 0.3) is 11.4 Å². The maximum Gasteiger partial charge on any atom is 0.182 e. The first kappa shape index (κ1) is 12.3. The lowest BCUT2D eigenvalue weighted by molar-refractivity contribution is 0.653. The summed E-state index contributed by atoms with van der Waals surface area (Å²) in [6, 6.07) is 18.3. The summed E-state index contributed by atoms with van der Waals surface area (Å²) >= 11 is 2.29. The summed E-state index contributed by atoms with van der Waals surface area (Å²) in [6.07, 6.45) is 0. The zero-order valence-corrected chi connectivity index (χ0v) is 12.2. The Morgan fingerprint density at radius 3 is 2.63 bits per heavy atom. The lowest BCUT2D eigenvalue weighted by atomic mass is 10.2. The number of nitrogens with zero attached hydrogens (tertiary/aromatic N) is 4. The van der Waals surface area contributed by atoms with Crippen LogP contribution in [-0.4, -0.2) is 20.2 Å². The Kier molecular flexibility index (Phi) is 3.54. The molecule has 0 unspecified atom stereocenters. The van der Waals surface area contributed by atoms with Gasteiger partial charge in [0, 0.05) is 9.13 Å². The van der Waals surface area contributed by atoms with Gasteiger partial charge in [0.05, 0.1) is 6.54 Å². The van der Waals surface area contributed by atoms with Crippen molar-refractivity contribution in [3.05, 3.63) is 63.7 Å². The Balaban J connectivity index is 1.95. The second-order valence-corrected chi connectivity index (χ2v) is 5.40. The molecule has 3 rings (SSSR count). The van der Waals surface area contributed by atoms with Crippen LogP contribution < -0.4 is 0 Å². The van der Waals surface area contributed by atoms with Gasteiger partial charge in [-0.3, -0.25) is 0 Å². The van der Waals surface area contributed by atoms with Crippen molar-refractivity contribution >= 4 is 22.6 Å². The summed E-state index contributed by atoms with van der Waals surface area (Å²) in [5.41, 5.74) is 2.22. The average molecular weight is 362 g/mol. The van der Waals surface area contributed by atoms with Gasteiger partial charge in [0.1, 0.15) is 0 Å². The topological polar surface area (TPSA) is 43.6 Å². The Morgan fingerprint density at radius 1 is 1.00 bits per heavy atom. The third-order valence-electron chi connectivity index (χ3n) is 2.79. The zero-order valence-electron chi connectivity index (χ0n) is 10.1. The summed E-state index contributed by atoms with van der Waals surface area (Å²) in [4.78, 5) is 0. The van der Waals surface area contributed by atoms with Crippen molar-refractivity contribution in [2.75, 3.05) is 0 Å². The van der Waals surface area contributed by atoms with E-state index in [4.69, 9.17) is 0 Å². The Bertz CT molecular complexity index is 679. The second-order valence-electron chi connectivity index (χ2n) is 4.16. The monoisotopic (exact) mass is 362 g/mol. The molecular weight excluding hydrogens is 351 g/mol. The minimum Gasteiger partial charge on any atom is -0.221 e. The lowest BCUT2D eigenvalue weighted by Gasteiger charge is -2.05. The predicted octanol–water partition coefficient (Wildman–Crippen LogP) is 2.99. The minimum atomic E-state index is 0.675. The van der Waals surface area contributed by atoms with Crippen LogP contribution in [0.2, 0.25) is 0 Å². The van der Waals surface area contributed by atoms with Crippen LogP contribution in [0.4, 0.5) is 0 Å². The average Bonchev–Trinajstić information content (AvgIpc) is 2.88. The van der Waals surface area contributed by atoms with E-state index in [2.05, 4.69) is 62.4 Å². The van der Waals surface area contributed by atoms with Crippen molar-refractivity contribution in [1.29, 1.82) is 0 Å². The number of benzene rings is 2. The first-order valence-electron chi connectivity index (χ1n) is 5.89. The van der Waals surface area contributed by atoms with E-state index in [1.54, 1.807) is 0 Å². The van der Waals surface area contributed by atoms with Crippen molar-refractivity contribution in [2.45, 2.75) is 6.54 Å². The van der Waals surface area contributed by atoms with Crippen LogP contribution in [0.15, 0.2) is 54.6 Å². The number of hydrogen-bond acceptors (Lipinski definition) is 3. The quantitative estimate of drug-likeness (QED) is 0.673. The molecule has 2 aromatic carbocycles. The van der Waals surface area contributed by atoms with E-state index in [0.717, 1.165) is 11.4 Å². The van der Waals surface area contributed by atoms with Gasteiger partial charge in [-0.1, -0.05) is 42.5 Å². The standard InChI is InChI=1S/C14H11IN4/c15-13-8-4-7-12(9-13)14-16-17-18-19(14)10-11-5-2-1-3-6-11/h1-9H,10H2. The van der Waals surface area contributed by atoms with E-state index < -0.39 is 0 Å². The Morgan fingerprint density at radius 2 is 1.84 bits per heavy atom. The summed E-state index contributed by atoms with van der Waals surface area (Å²) < 4.78 is 2.99. The van der Waals surface area contributed by atoms with Gasteiger partial charge in [-0.15, -0.1) is 5.10 Å². The van der Waals surface area contributed by atoms with Crippen LogP contribution in [0.1, 0.15) is 5.56 Å². The van der Waals surface area contributed by atoms with Gasteiger partial charge in [0.15, 0.2) is 5.82 Å². The molecule has 1 aromatic heterocycles. The van der Waals surface area contributed by atoms with Crippen LogP contribution in [-0.2, 0) is 6.54 Å². The lowest BCUT2D eigenvalue weighted by Crippen LogP contribution is -2.04. The van der Waals surface area contributed by atoms with Crippen LogP contribution in [0, 0.1) is 3.57 Å². The highest BCUT2D eigenvalue weighted by Crippen LogP contribution is 2.19. The normalized spacial score (nSPS) is 10.6. The van der Waals surface area contributed by atoms with Gasteiger partial charge in [0.2, 0.25) is 0 Å². The second kappa shape index (κ2) is 5.48. The number of hydrogen-bond donors (Lipinski definition) is 0. The van der Waals surface area contributed by atoms with E-state index in [9.17, 15) is 0 Å². The molecule has 0 aliphatic heterocycles. The molecule has 0 bridgehead atoms. The molecule has 1 heterocycles. The minimum absolute atomic E-state index is 0.675. The molecule has 4 nitrogen and oxygen atoms in total. The van der Waals surface area contributed by atoms with Gasteiger partial charge in [-0.2, -0.15) is 0 Å². The largest absolute Gasteiger partial charge is 0.221 e. The summed E-state index contributed by atoms with van der Waals surface area (Å²) in [5, 5.41) is 12.0. The summed E-state index contributed by atoms with van der Waals surface area (Å²) in [6.45, 7) is 0.675. The van der Waals surface area contributed by atoms with Crippen LogP contribution in [0.5, 0.6) is 0 Å². The molecule has 0 fully saturated rings. The highest BCUT2D eigenvalue weighted by atomic mass is 127. The van der Waals surface area contributed by atoms with Crippen molar-refractivity contribution < 1.29 is 0 Å². The first-order chi connectivity index (χ1) is 9.33. The van der Waals surface area contributed by atoms with Gasteiger partial charge in [-0.05, 0) is 50.7 Å². The molecule has 0 spiro atoms. The first-order valence-corrected chi connectivity index (χ1v) is 6.97. The zero-order chi connectivity index (χ0) is 13.1. The third-order valence-corrected chi connectivity index (χ3v) is 3.46. The predicted molar refractivity (Wildman–Crippen MR) is 81.5 cm³/mol. The number of aromatic nitrogens is 4. The van der Waals surface area contributed by atoms with Gasteiger partial charge in [-0.25, -0.2) is 4.68 Å². The number of tetrazole rings is 1. The summed E-state index contributed by atoms with van der Waals surface area (Å²) in [5.74, 6) is 0.794. The Hall–Kier alpha value is -1.76. The van der Waals surface area contributed by atoms with E-state index in [-0.39, 0.29) is 0 Å². The third kappa shape index (κ3) is 2.81. The molecule has 94 valence electrons. The van der Waals surface area contributed by atoms with E-state index >= 15 is 0 Å². The van der Waals surface area contributed by atoms with E-state index in [1.807, 2.05) is 35.0 Å². The fourth-order valence-corrected chi connectivity index (χ4v) is 2.44. The molecule has 0 saturated heterocycles. The summed E-state index contributed by atoms with van der Waals surface area (Å²) in [7, 11) is 0. The highest BCUT2D eigenvalue weighted by Gasteiger charge is 2.09. The molecular formula is C14H11IN4. The van der Waals surface area contributed by atoms with Gasteiger partial charge < -0.3 is 0 Å². The van der Waals surface area contributed by atoms with E-state index in [0.29, 0.717) is 6.54 Å². The number of halogens is 1. The molecule has 0 saturated carbocycles. The van der Waals surface area contributed by atoms with Gasteiger partial charge >= 0.3 is 0 Å². The molecule has 0 aliphatic carbocycles. The molecule has 0 atom stereocenters. The molecule has 0 amide bonds. The van der Waals surface area contributed by atoms with Crippen molar-refractivity contribution in [3.63, 3.8) is 0 Å². The van der Waals surface area contributed by atoms with Crippen LogP contribution in [0.3, 0.4) is 0 Å². The van der Waals surface area contributed by atoms with E-state index in [1.165, 1.54) is 9.13 Å². The van der Waals surface area contributed by atoms with Gasteiger partial charge in [0.25, 0.3) is 0 Å². The van der Waals surface area contributed by atoms with Crippen molar-refractivity contribution in [1.82, 2.24) is 20.2 Å². The fraction of sp³-hybridized carbons (Fsp3) is 0.0714. The fourth-order valence-electron chi connectivity index (χ4n) is 1.90. The van der Waals surface area contributed by atoms with Crippen molar-refractivity contribution in [3.8, 4) is 11.4 Å². The number of rotatable bonds is 3. The molecule has 3 aromatic rings. The highest BCUT2D eigenvalue weighted by molar-refractivity contribution is 14.1. The maximum absolute atomic E-state index is 4.12. The molecule has 0 radical (unpaired) electrons. The van der Waals surface area contributed by atoms with Crippen LogP contribution >= 0.6 is 22.6 Å². The smallest absolute Gasteiger partial charge is 0.182 e. The SMILES string of the molecule is Ic1cccc(-c2nnnn2Cc2ccccc2)c1. The molecule has 0 aliphatic rings. The molecule has 5 heteroatoms. The van der Waals surface area contributed by atoms with Crippen molar-refractivity contribution in [2.24, 2.45) is 0 Å². The molecule has 19 heavy (non-hydrogen) atoms.